The highest BCUT2D eigenvalue weighted by Gasteiger charge is 2.55. The van der Waals surface area contributed by atoms with Gasteiger partial charge >= 0.3 is 0 Å². The number of hydrogen-bond donors (Lipinski definition) is 1. The van der Waals surface area contributed by atoms with Gasteiger partial charge in [0.15, 0.2) is 0 Å². The Morgan fingerprint density at radius 3 is 2.83 bits per heavy atom. The first-order chi connectivity index (χ1) is 11.4. The number of rotatable bonds is 2. The highest BCUT2D eigenvalue weighted by Crippen LogP contribution is 2.54. The first-order valence-corrected chi connectivity index (χ1v) is 8.75. The van der Waals surface area contributed by atoms with E-state index in [0.29, 0.717) is 12.5 Å². The van der Waals surface area contributed by atoms with Crippen LogP contribution in [0.15, 0.2) is 24.3 Å². The molecule has 1 N–H and O–H groups in total. The van der Waals surface area contributed by atoms with Gasteiger partial charge in [-0.05, 0) is 26.3 Å². The van der Waals surface area contributed by atoms with Crippen LogP contribution in [0.2, 0.25) is 0 Å². The Morgan fingerprint density at radius 2 is 2.08 bits per heavy atom. The van der Waals surface area contributed by atoms with Gasteiger partial charge in [0.25, 0.3) is 0 Å². The molecule has 3 heterocycles. The lowest BCUT2D eigenvalue weighted by Gasteiger charge is -2.58. The molecule has 1 amide bonds. The van der Waals surface area contributed by atoms with Gasteiger partial charge in [0, 0.05) is 37.0 Å². The van der Waals surface area contributed by atoms with E-state index in [9.17, 15) is 4.79 Å². The maximum Gasteiger partial charge on any atom is 0.233 e. The Kier molecular flexibility index (Phi) is 3.62. The van der Waals surface area contributed by atoms with E-state index in [4.69, 9.17) is 9.47 Å². The molecule has 0 unspecified atom stereocenters. The topological polar surface area (TPSA) is 50.8 Å². The molecule has 130 valence electrons. The molecule has 0 radical (unpaired) electrons. The van der Waals surface area contributed by atoms with E-state index >= 15 is 0 Å². The molecule has 2 fully saturated rings. The number of hydrogen-bond acceptors (Lipinski definition) is 4. The third-order valence-corrected chi connectivity index (χ3v) is 5.84. The van der Waals surface area contributed by atoms with Crippen LogP contribution in [-0.2, 0) is 9.53 Å². The average Bonchev–Trinajstić information content (AvgIpc) is 2.53. The van der Waals surface area contributed by atoms with Crippen molar-refractivity contribution in [3.05, 3.63) is 29.8 Å². The van der Waals surface area contributed by atoms with Crippen molar-refractivity contribution < 1.29 is 14.3 Å². The molecule has 5 nitrogen and oxygen atoms in total. The highest BCUT2D eigenvalue weighted by molar-refractivity contribution is 5.77. The quantitative estimate of drug-likeness (QED) is 0.901. The van der Waals surface area contributed by atoms with Crippen LogP contribution in [0.1, 0.15) is 31.9 Å². The summed E-state index contributed by atoms with van der Waals surface area (Å²) in [5.41, 5.74) is 1.11. The Morgan fingerprint density at radius 1 is 1.33 bits per heavy atom. The number of likely N-dealkylation sites (N-methyl/N-ethyl adjacent to an activating group) is 1. The minimum absolute atomic E-state index is 0.0784. The molecule has 3 aliphatic heterocycles. The zero-order chi connectivity index (χ0) is 16.9. The van der Waals surface area contributed by atoms with E-state index in [1.807, 2.05) is 12.1 Å². The van der Waals surface area contributed by atoms with Crippen LogP contribution >= 0.6 is 0 Å². The van der Waals surface area contributed by atoms with Crippen LogP contribution < -0.4 is 10.1 Å². The van der Waals surface area contributed by atoms with Crippen LogP contribution in [0.25, 0.3) is 0 Å². The fourth-order valence-corrected chi connectivity index (χ4v) is 4.62. The normalized spacial score (nSPS) is 29.8. The molecule has 0 saturated carbocycles. The van der Waals surface area contributed by atoms with Crippen LogP contribution in [0, 0.1) is 11.3 Å². The second-order valence-corrected chi connectivity index (χ2v) is 8.10. The number of carbonyl (C=O) groups excluding carboxylic acids is 1. The zero-order valence-electron chi connectivity index (χ0n) is 14.7. The minimum atomic E-state index is -0.242. The number of amides is 1. The van der Waals surface area contributed by atoms with E-state index in [1.54, 1.807) is 7.05 Å². The van der Waals surface area contributed by atoms with E-state index in [2.05, 4.69) is 36.2 Å². The van der Waals surface area contributed by atoms with E-state index in [-0.39, 0.29) is 23.0 Å². The Labute approximate surface area is 143 Å². The largest absolute Gasteiger partial charge is 0.487 e. The standard InChI is InChI=1S/C19H26N2O3/c1-18(2)14-8-19(10-21(11-19)9-16(22)20-3)12-23-17(14)13-6-4-5-7-15(13)24-18/h4-7,14,17H,8-12H2,1-3H3,(H,20,22)/t14-,17+/m0/s1. The summed E-state index contributed by atoms with van der Waals surface area (Å²) >= 11 is 0. The fourth-order valence-electron chi connectivity index (χ4n) is 4.62. The van der Waals surface area contributed by atoms with Crippen molar-refractivity contribution in [3.8, 4) is 5.75 Å². The molecule has 3 aliphatic rings. The number of nitrogens with one attached hydrogen (secondary N) is 1. The molecule has 24 heavy (non-hydrogen) atoms. The molecule has 2 saturated heterocycles. The van der Waals surface area contributed by atoms with E-state index in [0.717, 1.165) is 31.9 Å². The Hall–Kier alpha value is -1.59. The monoisotopic (exact) mass is 330 g/mol. The lowest BCUT2D eigenvalue weighted by atomic mass is 9.64. The van der Waals surface area contributed by atoms with Crippen molar-refractivity contribution >= 4 is 5.91 Å². The highest BCUT2D eigenvalue weighted by atomic mass is 16.5. The number of para-hydroxylation sites is 1. The second kappa shape index (κ2) is 5.46. The number of fused-ring (bicyclic) bond motifs is 3. The van der Waals surface area contributed by atoms with Crippen LogP contribution in [0.3, 0.4) is 0 Å². The van der Waals surface area contributed by atoms with Gasteiger partial charge in [-0.3, -0.25) is 9.69 Å². The molecule has 1 aromatic carbocycles. The summed E-state index contributed by atoms with van der Waals surface area (Å²) in [6, 6.07) is 8.23. The van der Waals surface area contributed by atoms with Gasteiger partial charge < -0.3 is 14.8 Å². The van der Waals surface area contributed by atoms with Crippen molar-refractivity contribution in [2.75, 3.05) is 33.3 Å². The molecular weight excluding hydrogens is 304 g/mol. The number of benzene rings is 1. The van der Waals surface area contributed by atoms with Gasteiger partial charge in [-0.15, -0.1) is 0 Å². The smallest absolute Gasteiger partial charge is 0.233 e. The number of likely N-dealkylation sites (tertiary alicyclic amines) is 1. The molecule has 1 spiro atoms. The molecule has 0 aliphatic carbocycles. The predicted octanol–water partition coefficient (Wildman–Crippen LogP) is 1.98. The predicted molar refractivity (Wildman–Crippen MR) is 90.9 cm³/mol. The molecular formula is C19H26N2O3. The van der Waals surface area contributed by atoms with Crippen LogP contribution in [0.4, 0.5) is 0 Å². The van der Waals surface area contributed by atoms with Gasteiger partial charge in [0.1, 0.15) is 11.4 Å². The molecule has 4 rings (SSSR count). The first kappa shape index (κ1) is 15.9. The Bertz CT molecular complexity index is 652. The molecule has 0 bridgehead atoms. The van der Waals surface area contributed by atoms with Crippen molar-refractivity contribution in [2.24, 2.45) is 11.3 Å². The average molecular weight is 330 g/mol. The zero-order valence-corrected chi connectivity index (χ0v) is 14.7. The summed E-state index contributed by atoms with van der Waals surface area (Å²) in [5, 5.41) is 2.69. The van der Waals surface area contributed by atoms with Gasteiger partial charge in [-0.1, -0.05) is 18.2 Å². The summed E-state index contributed by atoms with van der Waals surface area (Å²) in [4.78, 5) is 13.8. The second-order valence-electron chi connectivity index (χ2n) is 8.10. The van der Waals surface area contributed by atoms with E-state index in [1.165, 1.54) is 5.56 Å². The number of ether oxygens (including phenoxy) is 2. The van der Waals surface area contributed by atoms with Crippen molar-refractivity contribution in [3.63, 3.8) is 0 Å². The van der Waals surface area contributed by atoms with Crippen LogP contribution in [-0.4, -0.2) is 49.7 Å². The summed E-state index contributed by atoms with van der Waals surface area (Å²) < 4.78 is 12.7. The lowest BCUT2D eigenvalue weighted by Crippen LogP contribution is -2.65. The number of carbonyl (C=O) groups is 1. The summed E-state index contributed by atoms with van der Waals surface area (Å²) in [5.74, 6) is 1.37. The van der Waals surface area contributed by atoms with Gasteiger partial charge in [0.05, 0.1) is 19.3 Å². The van der Waals surface area contributed by atoms with Crippen molar-refractivity contribution in [2.45, 2.75) is 32.0 Å². The van der Waals surface area contributed by atoms with Gasteiger partial charge in [0.2, 0.25) is 5.91 Å². The molecule has 0 aromatic heterocycles. The lowest BCUT2D eigenvalue weighted by molar-refractivity contribution is -0.199. The van der Waals surface area contributed by atoms with E-state index < -0.39 is 0 Å². The minimum Gasteiger partial charge on any atom is -0.487 e. The van der Waals surface area contributed by atoms with Gasteiger partial charge in [-0.25, -0.2) is 0 Å². The van der Waals surface area contributed by atoms with Crippen LogP contribution in [0.5, 0.6) is 5.75 Å². The Balaban J connectivity index is 1.51. The maximum atomic E-state index is 11.6. The van der Waals surface area contributed by atoms with Crippen molar-refractivity contribution in [1.29, 1.82) is 0 Å². The van der Waals surface area contributed by atoms with Crippen molar-refractivity contribution in [1.82, 2.24) is 10.2 Å². The fraction of sp³-hybridized carbons (Fsp3) is 0.632. The number of nitrogens with zero attached hydrogens (tertiary/aromatic N) is 1. The summed E-state index contributed by atoms with van der Waals surface area (Å²) in [6.45, 7) is 7.45. The molecule has 1 aromatic rings. The summed E-state index contributed by atoms with van der Waals surface area (Å²) in [7, 11) is 1.69. The third-order valence-electron chi connectivity index (χ3n) is 5.84. The molecule has 2 atom stereocenters. The first-order valence-electron chi connectivity index (χ1n) is 8.75. The van der Waals surface area contributed by atoms with Gasteiger partial charge in [-0.2, -0.15) is 0 Å². The maximum absolute atomic E-state index is 11.6. The SMILES string of the molecule is CNC(=O)CN1CC2(CO[C@@H]3c4ccccc4OC(C)(C)[C@H]3C2)C1. The molecule has 5 heteroatoms. The third kappa shape index (κ3) is 2.50. The summed E-state index contributed by atoms with van der Waals surface area (Å²) in [6.07, 6.45) is 1.20.